The molecule has 0 radical (unpaired) electrons. The predicted molar refractivity (Wildman–Crippen MR) is 92.4 cm³/mol. The number of rotatable bonds is 11. The van der Waals surface area contributed by atoms with Gasteiger partial charge in [0, 0.05) is 23.9 Å². The fourth-order valence-electron chi connectivity index (χ4n) is 2.58. The zero-order chi connectivity index (χ0) is 17.2. The Labute approximate surface area is 135 Å². The molecule has 0 saturated carbocycles. The molecule has 0 aliphatic carbocycles. The summed E-state index contributed by atoms with van der Waals surface area (Å²) >= 11 is 0. The summed E-state index contributed by atoms with van der Waals surface area (Å²) in [5, 5.41) is 30.9. The Balaban J connectivity index is 3.86. The Morgan fingerprint density at radius 1 is 0.773 bits per heavy atom. The maximum atomic E-state index is 8.72. The molecular weight excluding hydrogens is 280 g/mol. The molecule has 0 aromatic carbocycles. The van der Waals surface area contributed by atoms with Gasteiger partial charge in [-0.25, -0.2) is 0 Å². The van der Waals surface area contributed by atoms with E-state index in [0.29, 0.717) is 0 Å². The number of hydrogen-bond acceptors (Lipinski definition) is 6. The maximum Gasteiger partial charge on any atom is 0.0558 e. The van der Waals surface area contributed by atoms with Crippen molar-refractivity contribution in [3.8, 4) is 0 Å². The molecule has 0 bridgehead atoms. The quantitative estimate of drug-likeness (QED) is 0.204. The Morgan fingerprint density at radius 2 is 1.09 bits per heavy atom. The van der Waals surface area contributed by atoms with Crippen LogP contribution >= 0.6 is 0 Å². The van der Waals surface area contributed by atoms with E-state index < -0.39 is 0 Å². The van der Waals surface area contributed by atoms with Crippen molar-refractivity contribution in [1.82, 2.24) is 10.6 Å². The lowest BCUT2D eigenvalue weighted by Gasteiger charge is -2.27. The summed E-state index contributed by atoms with van der Waals surface area (Å²) in [6.07, 6.45) is 3.62. The summed E-state index contributed by atoms with van der Waals surface area (Å²) in [6, 6.07) is 0. The second kappa shape index (κ2) is 9.79. The van der Waals surface area contributed by atoms with Crippen LogP contribution in [0.1, 0.15) is 67.2 Å². The molecule has 0 unspecified atom stereocenters. The van der Waals surface area contributed by atoms with Gasteiger partial charge >= 0.3 is 0 Å². The molecule has 0 spiro atoms. The minimum atomic E-state index is -0.0578. The topological polar surface area (TPSA) is 89.2 Å². The maximum absolute atomic E-state index is 8.72. The molecule has 0 fully saturated rings. The van der Waals surface area contributed by atoms with Crippen molar-refractivity contribution in [2.75, 3.05) is 13.1 Å². The molecule has 22 heavy (non-hydrogen) atoms. The number of nitrogens with one attached hydrogen (secondary N) is 2. The average Bonchev–Trinajstić information content (AvgIpc) is 2.41. The minimum Gasteiger partial charge on any atom is -0.411 e. The normalized spacial score (nSPS) is 14.5. The zero-order valence-corrected chi connectivity index (χ0v) is 15.0. The fraction of sp³-hybridized carbons (Fsp3) is 0.875. The van der Waals surface area contributed by atoms with E-state index in [-0.39, 0.29) is 11.1 Å². The molecule has 4 N–H and O–H groups in total. The van der Waals surface area contributed by atoms with Crippen LogP contribution in [0.25, 0.3) is 0 Å². The first-order valence-corrected chi connectivity index (χ1v) is 7.97. The summed E-state index contributed by atoms with van der Waals surface area (Å²) in [4.78, 5) is 0. The van der Waals surface area contributed by atoms with Gasteiger partial charge in [0.15, 0.2) is 0 Å². The molecule has 6 nitrogen and oxygen atoms in total. The van der Waals surface area contributed by atoms with Crippen LogP contribution in [0, 0.1) is 0 Å². The summed E-state index contributed by atoms with van der Waals surface area (Å²) in [7, 11) is 0. The highest BCUT2D eigenvalue weighted by Crippen LogP contribution is 2.11. The summed E-state index contributed by atoms with van der Waals surface area (Å²) in [5.41, 5.74) is 1.36. The van der Waals surface area contributed by atoms with E-state index in [2.05, 4.69) is 48.6 Å². The van der Waals surface area contributed by atoms with Crippen LogP contribution in [0.15, 0.2) is 10.3 Å². The molecule has 0 aliphatic rings. The van der Waals surface area contributed by atoms with Crippen LogP contribution in [0.2, 0.25) is 0 Å². The van der Waals surface area contributed by atoms with Crippen LogP contribution in [0.5, 0.6) is 0 Å². The Kier molecular flexibility index (Phi) is 9.28. The van der Waals surface area contributed by atoms with Gasteiger partial charge in [-0.1, -0.05) is 10.3 Å². The first-order valence-electron chi connectivity index (χ1n) is 7.97. The predicted octanol–water partition coefficient (Wildman–Crippen LogP) is 2.98. The Bertz CT molecular complexity index is 340. The van der Waals surface area contributed by atoms with Crippen molar-refractivity contribution < 1.29 is 10.4 Å². The highest BCUT2D eigenvalue weighted by molar-refractivity contribution is 5.82. The van der Waals surface area contributed by atoms with Gasteiger partial charge in [0.25, 0.3) is 0 Å². The third kappa shape index (κ3) is 10.6. The minimum absolute atomic E-state index is 0.0578. The van der Waals surface area contributed by atoms with Gasteiger partial charge in [-0.3, -0.25) is 0 Å². The molecule has 0 aliphatic heterocycles. The summed E-state index contributed by atoms with van der Waals surface area (Å²) < 4.78 is 0. The van der Waals surface area contributed by atoms with E-state index in [1.165, 1.54) is 0 Å². The van der Waals surface area contributed by atoms with Crippen LogP contribution in [-0.4, -0.2) is 46.0 Å². The monoisotopic (exact) mass is 314 g/mol. The second-order valence-electron chi connectivity index (χ2n) is 7.35. The van der Waals surface area contributed by atoms with Crippen LogP contribution < -0.4 is 10.6 Å². The molecule has 0 atom stereocenters. The van der Waals surface area contributed by atoms with Crippen LogP contribution in [0.4, 0.5) is 0 Å². The van der Waals surface area contributed by atoms with Crippen molar-refractivity contribution in [1.29, 1.82) is 0 Å². The molecule has 0 aromatic rings. The third-order valence-electron chi connectivity index (χ3n) is 3.55. The molecule has 0 rings (SSSR count). The smallest absolute Gasteiger partial charge is 0.0558 e. The molecule has 6 heteroatoms. The second-order valence-corrected chi connectivity index (χ2v) is 7.35. The van der Waals surface area contributed by atoms with Gasteiger partial charge in [0.2, 0.25) is 0 Å². The third-order valence-corrected chi connectivity index (χ3v) is 3.55. The van der Waals surface area contributed by atoms with Crippen molar-refractivity contribution in [3.05, 3.63) is 0 Å². The van der Waals surface area contributed by atoms with Crippen LogP contribution in [-0.2, 0) is 0 Å². The van der Waals surface area contributed by atoms with Crippen molar-refractivity contribution in [2.45, 2.75) is 78.3 Å². The van der Waals surface area contributed by atoms with Gasteiger partial charge in [-0.2, -0.15) is 0 Å². The van der Waals surface area contributed by atoms with Gasteiger partial charge in [0.1, 0.15) is 0 Å². The average molecular weight is 314 g/mol. The van der Waals surface area contributed by atoms with Gasteiger partial charge in [-0.15, -0.1) is 0 Å². The van der Waals surface area contributed by atoms with Crippen molar-refractivity contribution >= 4 is 11.4 Å². The fourth-order valence-corrected chi connectivity index (χ4v) is 2.58. The molecule has 0 aromatic heterocycles. The number of hydrogen-bond donors (Lipinski definition) is 4. The van der Waals surface area contributed by atoms with E-state index in [1.54, 1.807) is 0 Å². The van der Waals surface area contributed by atoms with E-state index in [1.807, 2.05) is 13.8 Å². The van der Waals surface area contributed by atoms with E-state index in [4.69, 9.17) is 10.4 Å². The lowest BCUT2D eigenvalue weighted by molar-refractivity contribution is 0.310. The lowest BCUT2D eigenvalue weighted by atomic mass is 9.97. The highest BCUT2D eigenvalue weighted by atomic mass is 16.4. The first kappa shape index (κ1) is 20.9. The zero-order valence-electron chi connectivity index (χ0n) is 15.0. The van der Waals surface area contributed by atoms with E-state index >= 15 is 0 Å². The number of oxime groups is 2. The standard InChI is InChI=1S/C16H34N4O2/c1-13(19-21)11-15(3,4)17-9-7-8-10-18-16(5,6)12-14(2)20-22/h17-18,21-22H,7-12H2,1-6H3. The summed E-state index contributed by atoms with van der Waals surface area (Å²) in [5.74, 6) is 0. The number of unbranched alkanes of at least 4 members (excludes halogenated alkanes) is 1. The molecule has 0 amide bonds. The van der Waals surface area contributed by atoms with Gasteiger partial charge < -0.3 is 21.0 Å². The van der Waals surface area contributed by atoms with Crippen LogP contribution in [0.3, 0.4) is 0 Å². The number of nitrogens with zero attached hydrogens (tertiary/aromatic N) is 2. The summed E-state index contributed by atoms with van der Waals surface area (Å²) in [6.45, 7) is 14.0. The SMILES string of the molecule is CC(CC(C)(C)NCCCCNC(C)(C)CC(C)=NO)=NO. The van der Waals surface area contributed by atoms with Gasteiger partial charge in [0.05, 0.1) is 11.4 Å². The van der Waals surface area contributed by atoms with Crippen molar-refractivity contribution in [3.63, 3.8) is 0 Å². The van der Waals surface area contributed by atoms with Gasteiger partial charge in [-0.05, 0) is 67.5 Å². The first-order chi connectivity index (χ1) is 10.1. The van der Waals surface area contributed by atoms with E-state index in [9.17, 15) is 0 Å². The largest absolute Gasteiger partial charge is 0.411 e. The molecule has 0 saturated heterocycles. The highest BCUT2D eigenvalue weighted by Gasteiger charge is 2.19. The van der Waals surface area contributed by atoms with E-state index in [0.717, 1.165) is 50.2 Å². The Morgan fingerprint density at radius 3 is 1.36 bits per heavy atom. The Hall–Kier alpha value is -1.14. The lowest BCUT2D eigenvalue weighted by Crippen LogP contribution is -2.43. The molecule has 0 heterocycles. The van der Waals surface area contributed by atoms with Crippen molar-refractivity contribution in [2.24, 2.45) is 10.3 Å². The molecular formula is C16H34N4O2. The molecule has 130 valence electrons.